The number of aryl methyl sites for hydroxylation is 1. The topological polar surface area (TPSA) is 84.7 Å². The van der Waals surface area contributed by atoms with Gasteiger partial charge in [-0.3, -0.25) is 4.79 Å². The van der Waals surface area contributed by atoms with E-state index in [1.165, 1.54) is 22.3 Å². The van der Waals surface area contributed by atoms with E-state index in [9.17, 15) is 4.79 Å². The fraction of sp³-hybridized carbons (Fsp3) is 0.300. The number of rotatable bonds is 7. The van der Waals surface area contributed by atoms with Crippen LogP contribution in [0.1, 0.15) is 35.2 Å². The van der Waals surface area contributed by atoms with Gasteiger partial charge in [-0.05, 0) is 30.9 Å². The van der Waals surface area contributed by atoms with Crippen LogP contribution in [0.4, 0.5) is 0 Å². The highest BCUT2D eigenvalue weighted by molar-refractivity contribution is 7.99. The molecule has 0 saturated heterocycles. The van der Waals surface area contributed by atoms with Gasteiger partial charge in [-0.15, -0.1) is 10.2 Å². The molecule has 0 fully saturated rings. The average molecular weight is 429 g/mol. The van der Waals surface area contributed by atoms with Crippen LogP contribution in [-0.4, -0.2) is 38.8 Å². The summed E-state index contributed by atoms with van der Waals surface area (Å²) in [7, 11) is 0. The van der Waals surface area contributed by atoms with Crippen molar-refractivity contribution < 1.29 is 13.6 Å². The number of benzene rings is 1. The molecule has 150 valence electrons. The molecule has 4 rings (SSSR count). The van der Waals surface area contributed by atoms with Crippen molar-refractivity contribution in [2.24, 2.45) is 5.10 Å². The van der Waals surface area contributed by atoms with Gasteiger partial charge in [0.15, 0.2) is 0 Å². The molecule has 0 saturated carbocycles. The van der Waals surface area contributed by atoms with Crippen LogP contribution in [0.2, 0.25) is 0 Å². The minimum absolute atomic E-state index is 0.136. The summed E-state index contributed by atoms with van der Waals surface area (Å²) in [5, 5.41) is 14.5. The maximum Gasteiger partial charge on any atom is 0.277 e. The van der Waals surface area contributed by atoms with Crippen LogP contribution in [0.3, 0.4) is 0 Å². The van der Waals surface area contributed by atoms with Crippen molar-refractivity contribution in [2.45, 2.75) is 30.4 Å². The summed E-state index contributed by atoms with van der Waals surface area (Å²) < 4.78 is 11.1. The SMILES string of the molecule is CSCc1nnc(SCC(=O)N2N=C(c3ccc(C)cc3)C[C@@H]2c2ccco2)o1. The lowest BCUT2D eigenvalue weighted by Gasteiger charge is -2.19. The number of thioether (sulfide) groups is 2. The van der Waals surface area contributed by atoms with Gasteiger partial charge in [-0.2, -0.15) is 16.9 Å². The summed E-state index contributed by atoms with van der Waals surface area (Å²) in [5.41, 5.74) is 3.05. The van der Waals surface area contributed by atoms with Crippen molar-refractivity contribution in [3.05, 3.63) is 65.4 Å². The maximum absolute atomic E-state index is 13.0. The lowest BCUT2D eigenvalue weighted by Crippen LogP contribution is -2.28. The Morgan fingerprint density at radius 3 is 2.79 bits per heavy atom. The zero-order valence-corrected chi connectivity index (χ0v) is 17.7. The number of hydrogen-bond donors (Lipinski definition) is 0. The van der Waals surface area contributed by atoms with Crippen molar-refractivity contribution in [3.63, 3.8) is 0 Å². The molecule has 0 N–H and O–H groups in total. The first-order chi connectivity index (χ1) is 14.1. The third kappa shape index (κ3) is 4.56. The molecule has 3 aromatic rings. The van der Waals surface area contributed by atoms with E-state index in [2.05, 4.69) is 15.3 Å². The lowest BCUT2D eigenvalue weighted by molar-refractivity contribution is -0.130. The van der Waals surface area contributed by atoms with Gasteiger partial charge in [-0.1, -0.05) is 41.6 Å². The predicted octanol–water partition coefficient (Wildman–Crippen LogP) is 4.30. The molecule has 1 aliphatic rings. The molecule has 0 aliphatic carbocycles. The fourth-order valence-corrected chi connectivity index (χ4v) is 4.03. The Hall–Kier alpha value is -2.52. The van der Waals surface area contributed by atoms with Crippen molar-refractivity contribution in [1.29, 1.82) is 0 Å². The van der Waals surface area contributed by atoms with Crippen molar-refractivity contribution in [2.75, 3.05) is 12.0 Å². The number of nitrogens with zero attached hydrogens (tertiary/aromatic N) is 4. The Balaban J connectivity index is 1.50. The van der Waals surface area contributed by atoms with Gasteiger partial charge in [0.2, 0.25) is 5.89 Å². The zero-order chi connectivity index (χ0) is 20.2. The van der Waals surface area contributed by atoms with Crippen LogP contribution in [0, 0.1) is 6.92 Å². The largest absolute Gasteiger partial charge is 0.467 e. The summed E-state index contributed by atoms with van der Waals surface area (Å²) in [6, 6.07) is 11.6. The first kappa shape index (κ1) is 19.8. The summed E-state index contributed by atoms with van der Waals surface area (Å²) in [4.78, 5) is 13.0. The van der Waals surface area contributed by atoms with E-state index in [1.807, 2.05) is 49.6 Å². The lowest BCUT2D eigenvalue weighted by atomic mass is 10.0. The highest BCUT2D eigenvalue weighted by atomic mass is 32.2. The average Bonchev–Trinajstić information content (AvgIpc) is 3.47. The number of carbonyl (C=O) groups excluding carboxylic acids is 1. The molecule has 3 heterocycles. The summed E-state index contributed by atoms with van der Waals surface area (Å²) in [6.07, 6.45) is 4.18. The standard InChI is InChI=1S/C20H20N4O3S2/c1-13-5-7-14(8-6-13)15-10-16(17-4-3-9-26-17)24(23-15)19(25)12-29-20-22-21-18(27-20)11-28-2/h3-9,16H,10-12H2,1-2H3/t16-/m1/s1. The van der Waals surface area contributed by atoms with E-state index in [4.69, 9.17) is 8.83 Å². The third-order valence-corrected chi connectivity index (χ3v) is 5.80. The molecule has 1 atom stereocenters. The number of carbonyl (C=O) groups is 1. The number of hydrazone groups is 1. The van der Waals surface area contributed by atoms with Gasteiger partial charge in [0.05, 0.1) is 23.5 Å². The molecular formula is C20H20N4O3S2. The van der Waals surface area contributed by atoms with Crippen LogP contribution in [0.25, 0.3) is 0 Å². The normalized spacial score (nSPS) is 16.3. The number of furan rings is 1. The first-order valence-corrected chi connectivity index (χ1v) is 11.5. The molecule has 0 radical (unpaired) electrons. The number of aromatic nitrogens is 2. The van der Waals surface area contributed by atoms with E-state index in [-0.39, 0.29) is 17.7 Å². The minimum atomic E-state index is -0.260. The van der Waals surface area contributed by atoms with Crippen LogP contribution in [-0.2, 0) is 10.5 Å². The molecule has 1 amide bonds. The number of amides is 1. The van der Waals surface area contributed by atoms with Gasteiger partial charge < -0.3 is 8.83 Å². The molecular weight excluding hydrogens is 408 g/mol. The molecule has 29 heavy (non-hydrogen) atoms. The monoisotopic (exact) mass is 428 g/mol. The van der Waals surface area contributed by atoms with Crippen molar-refractivity contribution in [1.82, 2.24) is 15.2 Å². The van der Waals surface area contributed by atoms with Gasteiger partial charge >= 0.3 is 0 Å². The van der Waals surface area contributed by atoms with Gasteiger partial charge in [0, 0.05) is 6.42 Å². The minimum Gasteiger partial charge on any atom is -0.467 e. The van der Waals surface area contributed by atoms with Gasteiger partial charge in [-0.25, -0.2) is 5.01 Å². The Morgan fingerprint density at radius 2 is 2.07 bits per heavy atom. The third-order valence-electron chi connectivity index (χ3n) is 4.46. The van der Waals surface area contributed by atoms with E-state index in [1.54, 1.807) is 18.0 Å². The molecule has 7 nitrogen and oxygen atoms in total. The van der Waals surface area contributed by atoms with Crippen LogP contribution in [0.15, 0.2) is 61.8 Å². The molecule has 0 bridgehead atoms. The van der Waals surface area contributed by atoms with Crippen molar-refractivity contribution >= 4 is 35.1 Å². The van der Waals surface area contributed by atoms with Crippen LogP contribution >= 0.6 is 23.5 Å². The molecule has 1 aliphatic heterocycles. The quantitative estimate of drug-likeness (QED) is 0.519. The van der Waals surface area contributed by atoms with Crippen LogP contribution < -0.4 is 0 Å². The Morgan fingerprint density at radius 1 is 1.24 bits per heavy atom. The summed E-state index contributed by atoms with van der Waals surface area (Å²) >= 11 is 2.82. The molecule has 1 aromatic carbocycles. The zero-order valence-electron chi connectivity index (χ0n) is 16.1. The first-order valence-electron chi connectivity index (χ1n) is 9.08. The van der Waals surface area contributed by atoms with Crippen molar-refractivity contribution in [3.8, 4) is 0 Å². The summed E-state index contributed by atoms with van der Waals surface area (Å²) in [5.74, 6) is 1.94. The highest BCUT2D eigenvalue weighted by Crippen LogP contribution is 2.34. The second kappa shape index (κ2) is 8.87. The van der Waals surface area contributed by atoms with Gasteiger partial charge in [0.25, 0.3) is 11.1 Å². The van der Waals surface area contributed by atoms with E-state index < -0.39 is 0 Å². The summed E-state index contributed by atoms with van der Waals surface area (Å²) in [6.45, 7) is 2.04. The smallest absolute Gasteiger partial charge is 0.277 e. The Bertz CT molecular complexity index is 999. The highest BCUT2D eigenvalue weighted by Gasteiger charge is 2.34. The molecule has 2 aromatic heterocycles. The predicted molar refractivity (Wildman–Crippen MR) is 113 cm³/mol. The van der Waals surface area contributed by atoms with E-state index >= 15 is 0 Å². The second-order valence-electron chi connectivity index (χ2n) is 6.57. The molecule has 0 unspecified atom stereocenters. The van der Waals surface area contributed by atoms with Gasteiger partial charge in [0.1, 0.15) is 11.8 Å². The van der Waals surface area contributed by atoms with Crippen LogP contribution in [0.5, 0.6) is 0 Å². The fourth-order valence-electron chi connectivity index (χ4n) is 3.03. The Kier molecular flexibility index (Phi) is 6.05. The molecule has 0 spiro atoms. The Labute approximate surface area is 176 Å². The second-order valence-corrected chi connectivity index (χ2v) is 8.36. The maximum atomic E-state index is 13.0. The van der Waals surface area contributed by atoms with E-state index in [0.717, 1.165) is 11.3 Å². The molecule has 9 heteroatoms. The van der Waals surface area contributed by atoms with E-state index in [0.29, 0.717) is 29.0 Å². The number of hydrogen-bond acceptors (Lipinski definition) is 8.